The number of urea groups is 1. The molecule has 0 atom stereocenters. The lowest BCUT2D eigenvalue weighted by Crippen LogP contribution is -2.33. The van der Waals surface area contributed by atoms with E-state index in [2.05, 4.69) is 10.6 Å². The van der Waals surface area contributed by atoms with Crippen molar-refractivity contribution in [3.63, 3.8) is 0 Å². The smallest absolute Gasteiger partial charge is 0.318 e. The van der Waals surface area contributed by atoms with E-state index in [-0.39, 0.29) is 11.8 Å². The summed E-state index contributed by atoms with van der Waals surface area (Å²) in [5.41, 5.74) is 0.805. The van der Waals surface area contributed by atoms with Crippen molar-refractivity contribution in [1.29, 1.82) is 0 Å². The van der Waals surface area contributed by atoms with E-state index in [9.17, 15) is 9.18 Å². The molecule has 0 aliphatic carbocycles. The second kappa shape index (κ2) is 6.85. The van der Waals surface area contributed by atoms with Crippen molar-refractivity contribution in [3.8, 4) is 0 Å². The molecule has 0 aliphatic heterocycles. The molecule has 0 bridgehead atoms. The summed E-state index contributed by atoms with van der Waals surface area (Å²) in [5, 5.41) is 5.03. The van der Waals surface area contributed by atoms with Crippen LogP contribution in [-0.4, -0.2) is 18.5 Å². The SMILES string of the molecule is O=C(N/C=C/c1ccc(F)cc1)NCCCl. The van der Waals surface area contributed by atoms with Crippen LogP contribution in [-0.2, 0) is 0 Å². The van der Waals surface area contributed by atoms with Gasteiger partial charge in [-0.2, -0.15) is 0 Å². The van der Waals surface area contributed by atoms with Gasteiger partial charge in [-0.3, -0.25) is 0 Å². The first-order valence-corrected chi connectivity index (χ1v) is 5.28. The Morgan fingerprint density at radius 2 is 2.06 bits per heavy atom. The maximum Gasteiger partial charge on any atom is 0.318 e. The number of alkyl halides is 1. The molecule has 1 aromatic carbocycles. The predicted octanol–water partition coefficient (Wildman–Crippen LogP) is 2.33. The molecule has 2 amide bonds. The predicted molar refractivity (Wildman–Crippen MR) is 62.7 cm³/mol. The van der Waals surface area contributed by atoms with E-state index in [0.29, 0.717) is 12.4 Å². The van der Waals surface area contributed by atoms with Crippen LogP contribution in [0.25, 0.3) is 6.08 Å². The molecule has 1 aromatic rings. The Kier molecular flexibility index (Phi) is 5.36. The van der Waals surface area contributed by atoms with Crippen LogP contribution in [0.2, 0.25) is 0 Å². The second-order valence-corrected chi connectivity index (χ2v) is 3.35. The topological polar surface area (TPSA) is 41.1 Å². The molecule has 3 nitrogen and oxygen atoms in total. The number of benzene rings is 1. The highest BCUT2D eigenvalue weighted by atomic mass is 35.5. The lowest BCUT2D eigenvalue weighted by molar-refractivity contribution is 0.245. The fraction of sp³-hybridized carbons (Fsp3) is 0.182. The average Bonchev–Trinajstić information content (AvgIpc) is 2.29. The van der Waals surface area contributed by atoms with E-state index in [1.807, 2.05) is 0 Å². The van der Waals surface area contributed by atoms with Crippen molar-refractivity contribution in [2.45, 2.75) is 0 Å². The third kappa shape index (κ3) is 4.79. The van der Waals surface area contributed by atoms with Crippen LogP contribution in [0.1, 0.15) is 5.56 Å². The average molecular weight is 243 g/mol. The molecule has 0 fully saturated rings. The third-order valence-electron chi connectivity index (χ3n) is 1.74. The molecule has 0 aliphatic rings. The number of carbonyl (C=O) groups excluding carboxylic acids is 1. The summed E-state index contributed by atoms with van der Waals surface area (Å²) >= 11 is 5.39. The first-order valence-electron chi connectivity index (χ1n) is 4.75. The van der Waals surface area contributed by atoms with E-state index in [1.54, 1.807) is 18.2 Å². The van der Waals surface area contributed by atoms with E-state index in [4.69, 9.17) is 11.6 Å². The highest BCUT2D eigenvalue weighted by Gasteiger charge is 1.94. The molecule has 1 rings (SSSR count). The van der Waals surface area contributed by atoms with Gasteiger partial charge in [0.05, 0.1) is 0 Å². The van der Waals surface area contributed by atoms with Crippen molar-refractivity contribution >= 4 is 23.7 Å². The van der Waals surface area contributed by atoms with Crippen molar-refractivity contribution < 1.29 is 9.18 Å². The third-order valence-corrected chi connectivity index (χ3v) is 1.93. The van der Waals surface area contributed by atoms with E-state index in [0.717, 1.165) is 5.56 Å². The number of carbonyl (C=O) groups is 1. The van der Waals surface area contributed by atoms with Gasteiger partial charge in [0.2, 0.25) is 0 Å². The van der Waals surface area contributed by atoms with Gasteiger partial charge in [0.15, 0.2) is 0 Å². The van der Waals surface area contributed by atoms with E-state index >= 15 is 0 Å². The van der Waals surface area contributed by atoms with Gasteiger partial charge in [-0.15, -0.1) is 11.6 Å². The normalized spacial score (nSPS) is 10.4. The van der Waals surface area contributed by atoms with Gasteiger partial charge in [0.1, 0.15) is 5.82 Å². The minimum absolute atomic E-state index is 0.287. The van der Waals surface area contributed by atoms with Crippen molar-refractivity contribution in [1.82, 2.24) is 10.6 Å². The van der Waals surface area contributed by atoms with Gasteiger partial charge in [-0.1, -0.05) is 12.1 Å². The monoisotopic (exact) mass is 242 g/mol. The molecule has 5 heteroatoms. The second-order valence-electron chi connectivity index (χ2n) is 2.97. The fourth-order valence-corrected chi connectivity index (χ4v) is 1.09. The van der Waals surface area contributed by atoms with Crippen LogP contribution in [0.15, 0.2) is 30.5 Å². The highest BCUT2D eigenvalue weighted by molar-refractivity contribution is 6.18. The van der Waals surface area contributed by atoms with Crippen LogP contribution in [0.5, 0.6) is 0 Å². The highest BCUT2D eigenvalue weighted by Crippen LogP contribution is 2.03. The van der Waals surface area contributed by atoms with Gasteiger partial charge in [-0.05, 0) is 23.8 Å². The molecule has 0 aromatic heterocycles. The zero-order chi connectivity index (χ0) is 11.8. The Hall–Kier alpha value is -1.55. The first kappa shape index (κ1) is 12.5. The zero-order valence-electron chi connectivity index (χ0n) is 8.54. The van der Waals surface area contributed by atoms with Crippen LogP contribution in [0.4, 0.5) is 9.18 Å². The summed E-state index contributed by atoms with van der Waals surface area (Å²) in [6, 6.07) is 5.62. The summed E-state index contributed by atoms with van der Waals surface area (Å²) in [4.78, 5) is 11.1. The Morgan fingerprint density at radius 3 is 2.69 bits per heavy atom. The number of halogens is 2. The molecule has 16 heavy (non-hydrogen) atoms. The molecule has 0 saturated heterocycles. The number of rotatable bonds is 4. The minimum Gasteiger partial charge on any atom is -0.337 e. The summed E-state index contributed by atoms with van der Waals surface area (Å²) in [6.07, 6.45) is 3.15. The number of amides is 2. The molecule has 0 heterocycles. The van der Waals surface area contributed by atoms with Crippen LogP contribution in [0, 0.1) is 5.82 Å². The number of nitrogens with one attached hydrogen (secondary N) is 2. The van der Waals surface area contributed by atoms with Gasteiger partial charge < -0.3 is 10.6 Å². The largest absolute Gasteiger partial charge is 0.337 e. The standard InChI is InChI=1S/C11H12ClFN2O/c12-6-8-15-11(16)14-7-5-9-1-3-10(13)4-2-9/h1-5,7H,6,8H2,(H2,14,15,16)/b7-5+. The first-order chi connectivity index (χ1) is 7.72. The maximum atomic E-state index is 12.6. The Balaban J connectivity index is 2.37. The number of hydrogen-bond acceptors (Lipinski definition) is 1. The minimum atomic E-state index is -0.320. The fourth-order valence-electron chi connectivity index (χ4n) is 0.999. The molecular formula is C11H12ClFN2O. The van der Waals surface area contributed by atoms with Gasteiger partial charge in [0, 0.05) is 18.6 Å². The summed E-state index contributed by atoms with van der Waals surface area (Å²) in [6.45, 7) is 0.414. The Labute approximate surface area is 98.3 Å². The lowest BCUT2D eigenvalue weighted by Gasteiger charge is -2.00. The van der Waals surface area contributed by atoms with E-state index in [1.165, 1.54) is 18.3 Å². The lowest BCUT2D eigenvalue weighted by atomic mass is 10.2. The summed E-state index contributed by atoms with van der Waals surface area (Å²) in [7, 11) is 0. The van der Waals surface area contributed by atoms with Gasteiger partial charge in [-0.25, -0.2) is 9.18 Å². The molecule has 0 saturated carbocycles. The number of hydrogen-bond donors (Lipinski definition) is 2. The van der Waals surface area contributed by atoms with E-state index < -0.39 is 0 Å². The van der Waals surface area contributed by atoms with Crippen molar-refractivity contribution in [2.24, 2.45) is 0 Å². The molecule has 0 unspecified atom stereocenters. The van der Waals surface area contributed by atoms with Gasteiger partial charge >= 0.3 is 6.03 Å². The van der Waals surface area contributed by atoms with Crippen LogP contribution < -0.4 is 10.6 Å². The molecule has 86 valence electrons. The van der Waals surface area contributed by atoms with Crippen molar-refractivity contribution in [3.05, 3.63) is 41.8 Å². The molecular weight excluding hydrogens is 231 g/mol. The van der Waals surface area contributed by atoms with Crippen molar-refractivity contribution in [2.75, 3.05) is 12.4 Å². The molecule has 0 spiro atoms. The quantitative estimate of drug-likeness (QED) is 0.782. The maximum absolute atomic E-state index is 12.6. The summed E-state index contributed by atoms with van der Waals surface area (Å²) < 4.78 is 12.6. The van der Waals surface area contributed by atoms with Crippen LogP contribution in [0.3, 0.4) is 0 Å². The van der Waals surface area contributed by atoms with Gasteiger partial charge in [0.25, 0.3) is 0 Å². The molecule has 2 N–H and O–H groups in total. The zero-order valence-corrected chi connectivity index (χ0v) is 9.30. The summed E-state index contributed by atoms with van der Waals surface area (Å²) in [5.74, 6) is 0.0831. The Bertz CT molecular complexity index is 365. The Morgan fingerprint density at radius 1 is 1.38 bits per heavy atom. The molecule has 0 radical (unpaired) electrons. The van der Waals surface area contributed by atoms with Crippen LogP contribution >= 0.6 is 11.6 Å².